The first kappa shape index (κ1) is 25.4. The average Bonchev–Trinajstić information content (AvgIpc) is 2.68. The quantitative estimate of drug-likeness (QED) is 0.183. The summed E-state index contributed by atoms with van der Waals surface area (Å²) in [5.41, 5.74) is 1.28. The smallest absolute Gasteiger partial charge is 0.200 e. The van der Waals surface area contributed by atoms with E-state index in [1.54, 1.807) is 0 Å². The normalized spacial score (nSPS) is 14.1. The number of hydrogen-bond donors (Lipinski definition) is 0. The van der Waals surface area contributed by atoms with Crippen LogP contribution in [0.2, 0.25) is 0 Å². The second kappa shape index (κ2) is 14.4. The molecule has 0 fully saturated rings. The fourth-order valence-corrected chi connectivity index (χ4v) is 3.94. The summed E-state index contributed by atoms with van der Waals surface area (Å²) in [5.74, 6) is 2.62. The Labute approximate surface area is 176 Å². The molecular weight excluding hydrogens is 367 g/mol. The van der Waals surface area contributed by atoms with Crippen molar-refractivity contribution >= 4 is 9.24 Å². The van der Waals surface area contributed by atoms with Gasteiger partial charge in [0.15, 0.2) is 6.29 Å². The Balaban J connectivity index is 2.68. The van der Waals surface area contributed by atoms with Crippen molar-refractivity contribution in [2.45, 2.75) is 85.8 Å². The third-order valence-corrected chi connectivity index (χ3v) is 5.88. The van der Waals surface area contributed by atoms with Crippen LogP contribution in [-0.2, 0) is 15.6 Å². The van der Waals surface area contributed by atoms with E-state index in [0.29, 0.717) is 37.1 Å². The molecule has 3 atom stereocenters. The van der Waals surface area contributed by atoms with E-state index >= 15 is 0 Å². The van der Waals surface area contributed by atoms with Gasteiger partial charge in [0.1, 0.15) is 5.75 Å². The molecule has 0 radical (unpaired) electrons. The Morgan fingerprint density at radius 3 is 2.00 bits per heavy atom. The lowest BCUT2D eigenvalue weighted by atomic mass is 9.83. The van der Waals surface area contributed by atoms with Crippen LogP contribution >= 0.6 is 9.24 Å². The van der Waals surface area contributed by atoms with Crippen LogP contribution in [-0.4, -0.2) is 25.6 Å². The summed E-state index contributed by atoms with van der Waals surface area (Å²) in [6, 6.07) is 8.31. The van der Waals surface area contributed by atoms with Gasteiger partial charge in [-0.05, 0) is 54.5 Å². The standard InChI is InChI=1S/C24H43O3P/c1-7-9-21(8-2)25-14-15-26-24(16-23(18(3)4)19(5)6)27-22-12-10-20(17-28)11-13-22/h10-13,18-19,21,23-24H,7-9,14-17,28H2,1-6H3. The Bertz CT molecular complexity index is 493. The van der Waals surface area contributed by atoms with Gasteiger partial charge in [-0.3, -0.25) is 0 Å². The maximum atomic E-state index is 6.24. The molecular formula is C24H43O3P. The molecule has 0 bridgehead atoms. The van der Waals surface area contributed by atoms with Crippen LogP contribution in [0.4, 0.5) is 0 Å². The molecule has 1 rings (SSSR count). The fourth-order valence-electron chi connectivity index (χ4n) is 3.66. The van der Waals surface area contributed by atoms with E-state index in [4.69, 9.17) is 14.2 Å². The lowest BCUT2D eigenvalue weighted by molar-refractivity contribution is -0.117. The lowest BCUT2D eigenvalue weighted by Crippen LogP contribution is -2.30. The molecule has 3 unspecified atom stereocenters. The predicted octanol–water partition coefficient (Wildman–Crippen LogP) is 6.70. The molecule has 0 N–H and O–H groups in total. The van der Waals surface area contributed by atoms with Gasteiger partial charge >= 0.3 is 0 Å². The zero-order chi connectivity index (χ0) is 20.9. The number of hydrogen-bond acceptors (Lipinski definition) is 3. The minimum absolute atomic E-state index is 0.244. The van der Waals surface area contributed by atoms with Gasteiger partial charge in [-0.1, -0.05) is 60.1 Å². The summed E-state index contributed by atoms with van der Waals surface area (Å²) in [6.07, 6.45) is 5.27. The molecule has 1 aromatic carbocycles. The van der Waals surface area contributed by atoms with Crippen molar-refractivity contribution in [1.29, 1.82) is 0 Å². The van der Waals surface area contributed by atoms with E-state index in [1.807, 2.05) is 12.1 Å². The molecule has 0 aliphatic rings. The zero-order valence-corrected chi connectivity index (χ0v) is 20.1. The van der Waals surface area contributed by atoms with Gasteiger partial charge in [0, 0.05) is 6.42 Å². The van der Waals surface area contributed by atoms with Crippen molar-refractivity contribution in [2.75, 3.05) is 13.2 Å². The van der Waals surface area contributed by atoms with Gasteiger partial charge in [0.2, 0.25) is 0 Å². The molecule has 0 saturated heterocycles. The highest BCUT2D eigenvalue weighted by Gasteiger charge is 2.24. The van der Waals surface area contributed by atoms with E-state index in [2.05, 4.69) is 62.9 Å². The first-order valence-corrected chi connectivity index (χ1v) is 11.9. The first-order valence-electron chi connectivity index (χ1n) is 11.1. The summed E-state index contributed by atoms with van der Waals surface area (Å²) in [6.45, 7) is 14.7. The van der Waals surface area contributed by atoms with Crippen LogP contribution in [0.1, 0.15) is 72.8 Å². The summed E-state index contributed by atoms with van der Waals surface area (Å²) in [7, 11) is 2.75. The van der Waals surface area contributed by atoms with Crippen LogP contribution in [0.25, 0.3) is 0 Å². The van der Waals surface area contributed by atoms with Crippen LogP contribution in [0.5, 0.6) is 5.75 Å². The van der Waals surface area contributed by atoms with Crippen molar-refractivity contribution in [3.63, 3.8) is 0 Å². The number of rotatable bonds is 15. The molecule has 28 heavy (non-hydrogen) atoms. The minimum atomic E-state index is -0.244. The highest BCUT2D eigenvalue weighted by atomic mass is 31.0. The third-order valence-electron chi connectivity index (χ3n) is 5.41. The molecule has 3 nitrogen and oxygen atoms in total. The van der Waals surface area contributed by atoms with Crippen molar-refractivity contribution in [1.82, 2.24) is 0 Å². The molecule has 162 valence electrons. The van der Waals surface area contributed by atoms with Gasteiger partial charge in [-0.25, -0.2) is 0 Å². The maximum Gasteiger partial charge on any atom is 0.200 e. The Kier molecular flexibility index (Phi) is 13.0. The van der Waals surface area contributed by atoms with E-state index in [9.17, 15) is 0 Å². The summed E-state index contributed by atoms with van der Waals surface area (Å²) in [4.78, 5) is 0. The van der Waals surface area contributed by atoms with Gasteiger partial charge in [-0.15, -0.1) is 9.24 Å². The molecule has 0 heterocycles. The zero-order valence-electron chi connectivity index (χ0n) is 18.9. The molecule has 0 spiro atoms. The number of benzene rings is 1. The molecule has 0 aromatic heterocycles. The average molecular weight is 411 g/mol. The van der Waals surface area contributed by atoms with Crippen LogP contribution in [0, 0.1) is 17.8 Å². The molecule has 0 saturated carbocycles. The van der Waals surface area contributed by atoms with Gasteiger partial charge in [0.25, 0.3) is 0 Å². The summed E-state index contributed by atoms with van der Waals surface area (Å²) < 4.78 is 18.4. The van der Waals surface area contributed by atoms with E-state index in [-0.39, 0.29) is 6.29 Å². The summed E-state index contributed by atoms with van der Waals surface area (Å²) >= 11 is 0. The highest BCUT2D eigenvalue weighted by Crippen LogP contribution is 2.28. The fraction of sp³-hybridized carbons (Fsp3) is 0.750. The van der Waals surface area contributed by atoms with Crippen molar-refractivity contribution < 1.29 is 14.2 Å². The molecule has 4 heteroatoms. The highest BCUT2D eigenvalue weighted by molar-refractivity contribution is 7.15. The van der Waals surface area contributed by atoms with Gasteiger partial charge < -0.3 is 14.2 Å². The van der Waals surface area contributed by atoms with Gasteiger partial charge in [0.05, 0.1) is 19.3 Å². The van der Waals surface area contributed by atoms with E-state index in [1.165, 1.54) is 5.56 Å². The van der Waals surface area contributed by atoms with Crippen molar-refractivity contribution in [3.8, 4) is 5.75 Å². The molecule has 0 aliphatic heterocycles. The first-order chi connectivity index (χ1) is 13.4. The van der Waals surface area contributed by atoms with E-state index in [0.717, 1.165) is 37.6 Å². The van der Waals surface area contributed by atoms with Crippen LogP contribution in [0.15, 0.2) is 24.3 Å². The van der Waals surface area contributed by atoms with Crippen molar-refractivity contribution in [3.05, 3.63) is 29.8 Å². The molecule has 1 aromatic rings. The topological polar surface area (TPSA) is 27.7 Å². The van der Waals surface area contributed by atoms with E-state index < -0.39 is 0 Å². The minimum Gasteiger partial charge on any atom is -0.465 e. The lowest BCUT2D eigenvalue weighted by Gasteiger charge is -2.30. The number of ether oxygens (including phenoxy) is 3. The van der Waals surface area contributed by atoms with Gasteiger partial charge in [-0.2, -0.15) is 0 Å². The second-order valence-corrected chi connectivity index (χ2v) is 8.75. The summed E-state index contributed by atoms with van der Waals surface area (Å²) in [5, 5.41) is 0. The van der Waals surface area contributed by atoms with Crippen LogP contribution in [0.3, 0.4) is 0 Å². The molecule has 0 amide bonds. The monoisotopic (exact) mass is 410 g/mol. The maximum absolute atomic E-state index is 6.24. The largest absolute Gasteiger partial charge is 0.465 e. The molecule has 0 aliphatic carbocycles. The predicted molar refractivity (Wildman–Crippen MR) is 123 cm³/mol. The van der Waals surface area contributed by atoms with Crippen LogP contribution < -0.4 is 4.74 Å². The Morgan fingerprint density at radius 1 is 0.893 bits per heavy atom. The Morgan fingerprint density at radius 2 is 1.50 bits per heavy atom. The third kappa shape index (κ3) is 9.72. The SMILES string of the molecule is CCCC(CC)OCCOC(CC(C(C)C)C(C)C)Oc1ccc(CP)cc1. The Hall–Kier alpha value is -0.630. The van der Waals surface area contributed by atoms with Crippen molar-refractivity contribution in [2.24, 2.45) is 17.8 Å². The second-order valence-electron chi connectivity index (χ2n) is 8.34.